The Morgan fingerprint density at radius 3 is 2.21 bits per heavy atom. The summed E-state index contributed by atoms with van der Waals surface area (Å²) in [5, 5.41) is 4.84. The van der Waals surface area contributed by atoms with Gasteiger partial charge in [0.05, 0.1) is 5.75 Å². The van der Waals surface area contributed by atoms with Gasteiger partial charge in [0.1, 0.15) is 0 Å². The van der Waals surface area contributed by atoms with Gasteiger partial charge in [0.25, 0.3) is 0 Å². The van der Waals surface area contributed by atoms with Crippen molar-refractivity contribution in [2.24, 2.45) is 10.6 Å². The first-order valence-electron chi connectivity index (χ1n) is 4.79. The van der Waals surface area contributed by atoms with Crippen LogP contribution in [-0.2, 0) is 14.8 Å². The Balaban J connectivity index is 3.32. The Morgan fingerprint density at radius 1 is 1.21 bits per heavy atom. The molecule has 0 aliphatic carbocycles. The maximum Gasteiger partial charge on any atom is 0.209 e. The van der Waals surface area contributed by atoms with Crippen LogP contribution < -0.4 is 5.14 Å². The largest absolute Gasteiger partial charge is 0.381 e. The lowest BCUT2D eigenvalue weighted by Crippen LogP contribution is -2.18. The third-order valence-electron chi connectivity index (χ3n) is 1.71. The molecule has 0 aliphatic heterocycles. The fourth-order valence-corrected chi connectivity index (χ4v) is 1.36. The predicted octanol–water partition coefficient (Wildman–Crippen LogP) is 1.12. The van der Waals surface area contributed by atoms with E-state index in [2.05, 4.69) is 20.8 Å². The van der Waals surface area contributed by atoms with Crippen LogP contribution in [0, 0.1) is 5.41 Å². The Kier molecular flexibility index (Phi) is 5.63. The molecule has 0 saturated carbocycles. The van der Waals surface area contributed by atoms with Gasteiger partial charge < -0.3 is 4.74 Å². The van der Waals surface area contributed by atoms with Crippen molar-refractivity contribution in [3.05, 3.63) is 0 Å². The molecule has 0 amide bonds. The third kappa shape index (κ3) is 11.9. The molecule has 0 aromatic heterocycles. The molecule has 0 radical (unpaired) electrons. The first-order valence-corrected chi connectivity index (χ1v) is 6.50. The van der Waals surface area contributed by atoms with E-state index in [0.29, 0.717) is 19.6 Å². The van der Waals surface area contributed by atoms with Crippen LogP contribution in [0.2, 0.25) is 0 Å². The number of sulfonamides is 1. The highest BCUT2D eigenvalue weighted by molar-refractivity contribution is 7.89. The summed E-state index contributed by atoms with van der Waals surface area (Å²) >= 11 is 0. The minimum atomic E-state index is -3.32. The van der Waals surface area contributed by atoms with Crippen LogP contribution in [0.25, 0.3) is 0 Å². The van der Waals surface area contributed by atoms with Crippen molar-refractivity contribution in [2.45, 2.75) is 33.6 Å². The van der Waals surface area contributed by atoms with E-state index in [1.165, 1.54) is 0 Å². The second-order valence-corrected chi connectivity index (χ2v) is 6.38. The summed E-state index contributed by atoms with van der Waals surface area (Å²) in [4.78, 5) is 0. The molecule has 14 heavy (non-hydrogen) atoms. The van der Waals surface area contributed by atoms with Crippen LogP contribution >= 0.6 is 0 Å². The van der Waals surface area contributed by atoms with Gasteiger partial charge in [-0.05, 0) is 18.3 Å². The lowest BCUT2D eigenvalue weighted by molar-refractivity contribution is 0.109. The summed E-state index contributed by atoms with van der Waals surface area (Å²) < 4.78 is 26.4. The zero-order valence-corrected chi connectivity index (χ0v) is 10.1. The first kappa shape index (κ1) is 13.9. The molecule has 0 heterocycles. The quantitative estimate of drug-likeness (QED) is 0.686. The van der Waals surface area contributed by atoms with Crippen molar-refractivity contribution in [2.75, 3.05) is 19.0 Å². The Morgan fingerprint density at radius 2 is 1.79 bits per heavy atom. The van der Waals surface area contributed by atoms with Crippen molar-refractivity contribution in [3.8, 4) is 0 Å². The molecule has 0 atom stereocenters. The molecule has 0 spiro atoms. The van der Waals surface area contributed by atoms with Crippen molar-refractivity contribution in [1.29, 1.82) is 0 Å². The van der Waals surface area contributed by atoms with E-state index in [1.807, 2.05) is 0 Å². The molecular formula is C9H21NO3S. The highest BCUT2D eigenvalue weighted by atomic mass is 32.2. The number of nitrogens with two attached hydrogens (primary N) is 1. The third-order valence-corrected chi connectivity index (χ3v) is 2.57. The van der Waals surface area contributed by atoms with Gasteiger partial charge in [0.2, 0.25) is 10.0 Å². The van der Waals surface area contributed by atoms with E-state index in [4.69, 9.17) is 9.88 Å². The highest BCUT2D eigenvalue weighted by Gasteiger charge is 2.09. The van der Waals surface area contributed by atoms with Crippen LogP contribution in [0.15, 0.2) is 0 Å². The lowest BCUT2D eigenvalue weighted by Gasteiger charge is -2.17. The minimum absolute atomic E-state index is 0.00250. The van der Waals surface area contributed by atoms with E-state index in [-0.39, 0.29) is 11.2 Å². The summed E-state index contributed by atoms with van der Waals surface area (Å²) in [5.74, 6) is 0.00250. The molecule has 0 bridgehead atoms. The normalized spacial score (nSPS) is 13.1. The van der Waals surface area contributed by atoms with E-state index in [1.54, 1.807) is 0 Å². The number of ether oxygens (including phenoxy) is 1. The van der Waals surface area contributed by atoms with Crippen molar-refractivity contribution >= 4 is 10.0 Å². The topological polar surface area (TPSA) is 69.4 Å². The molecule has 0 fully saturated rings. The fraction of sp³-hybridized carbons (Fsp3) is 1.00. The van der Waals surface area contributed by atoms with E-state index >= 15 is 0 Å². The molecule has 2 N–H and O–H groups in total. The molecule has 86 valence electrons. The van der Waals surface area contributed by atoms with Crippen LogP contribution in [0.4, 0.5) is 0 Å². The molecular weight excluding hydrogens is 202 g/mol. The van der Waals surface area contributed by atoms with Gasteiger partial charge in [0, 0.05) is 13.2 Å². The second kappa shape index (κ2) is 5.68. The van der Waals surface area contributed by atoms with Crippen LogP contribution in [0.3, 0.4) is 0 Å². The Hall–Kier alpha value is -0.130. The zero-order valence-electron chi connectivity index (χ0n) is 9.25. The smallest absolute Gasteiger partial charge is 0.209 e. The molecule has 0 aliphatic rings. The number of primary sulfonamides is 1. The van der Waals surface area contributed by atoms with Crippen LogP contribution in [-0.4, -0.2) is 27.4 Å². The summed E-state index contributed by atoms with van der Waals surface area (Å²) in [5.41, 5.74) is 0.264. The average Bonchev–Trinajstić information content (AvgIpc) is 1.92. The van der Waals surface area contributed by atoms with Crippen molar-refractivity contribution < 1.29 is 13.2 Å². The summed E-state index contributed by atoms with van der Waals surface area (Å²) in [6.07, 6.45) is 1.45. The number of hydrogen-bond acceptors (Lipinski definition) is 3. The summed E-state index contributed by atoms with van der Waals surface area (Å²) in [7, 11) is -3.32. The maximum atomic E-state index is 10.5. The monoisotopic (exact) mass is 223 g/mol. The SMILES string of the molecule is CC(C)(C)CCOCCCS(N)(=O)=O. The van der Waals surface area contributed by atoms with Crippen molar-refractivity contribution in [3.63, 3.8) is 0 Å². The molecule has 0 aromatic rings. The Bertz CT molecular complexity index is 241. The van der Waals surface area contributed by atoms with Gasteiger partial charge in [-0.3, -0.25) is 0 Å². The number of rotatable bonds is 6. The first-order chi connectivity index (χ1) is 6.21. The van der Waals surface area contributed by atoms with E-state index in [9.17, 15) is 8.42 Å². The van der Waals surface area contributed by atoms with Gasteiger partial charge in [-0.1, -0.05) is 20.8 Å². The zero-order chi connectivity index (χ0) is 11.2. The fourth-order valence-electron chi connectivity index (χ4n) is 0.843. The van der Waals surface area contributed by atoms with Gasteiger partial charge >= 0.3 is 0 Å². The van der Waals surface area contributed by atoms with Crippen LogP contribution in [0.1, 0.15) is 33.6 Å². The van der Waals surface area contributed by atoms with Gasteiger partial charge in [-0.15, -0.1) is 0 Å². The standard InChI is InChI=1S/C9H21NO3S/c1-9(2,3)5-7-13-6-4-8-14(10,11)12/h4-8H2,1-3H3,(H2,10,11,12). The molecule has 0 rings (SSSR count). The Labute approximate surface area is 86.9 Å². The average molecular weight is 223 g/mol. The van der Waals surface area contributed by atoms with Crippen LogP contribution in [0.5, 0.6) is 0 Å². The summed E-state index contributed by atoms with van der Waals surface area (Å²) in [6, 6.07) is 0. The van der Waals surface area contributed by atoms with Gasteiger partial charge in [-0.2, -0.15) is 0 Å². The second-order valence-electron chi connectivity index (χ2n) is 4.64. The van der Waals surface area contributed by atoms with Gasteiger partial charge in [0.15, 0.2) is 0 Å². The molecule has 0 saturated heterocycles. The van der Waals surface area contributed by atoms with Crippen molar-refractivity contribution in [1.82, 2.24) is 0 Å². The van der Waals surface area contributed by atoms with Gasteiger partial charge in [-0.25, -0.2) is 13.6 Å². The maximum absolute atomic E-state index is 10.5. The summed E-state index contributed by atoms with van der Waals surface area (Å²) in [6.45, 7) is 7.56. The molecule has 0 unspecified atom stereocenters. The molecule has 0 aromatic carbocycles. The van der Waals surface area contributed by atoms with E-state index < -0.39 is 10.0 Å². The minimum Gasteiger partial charge on any atom is -0.381 e. The molecule has 5 heteroatoms. The predicted molar refractivity (Wildman–Crippen MR) is 57.5 cm³/mol. The highest BCUT2D eigenvalue weighted by Crippen LogP contribution is 2.17. The molecule has 4 nitrogen and oxygen atoms in total. The lowest BCUT2D eigenvalue weighted by atomic mass is 9.93. The van der Waals surface area contributed by atoms with E-state index in [0.717, 1.165) is 6.42 Å². The number of hydrogen-bond donors (Lipinski definition) is 1.